The van der Waals surface area contributed by atoms with Gasteiger partial charge in [-0.05, 0) is 17.9 Å². The van der Waals surface area contributed by atoms with Crippen LogP contribution in [0.4, 0.5) is 5.95 Å². The van der Waals surface area contributed by atoms with Crippen LogP contribution in [-0.2, 0) is 4.79 Å². The van der Waals surface area contributed by atoms with E-state index < -0.39 is 0 Å². The molecule has 2 unspecified atom stereocenters. The van der Waals surface area contributed by atoms with Gasteiger partial charge in [0.25, 0.3) is 0 Å². The molecule has 1 aromatic heterocycles. The van der Waals surface area contributed by atoms with Crippen LogP contribution >= 0.6 is 0 Å². The number of allylic oxidation sites excluding steroid dienone is 2. The average Bonchev–Trinajstić information content (AvgIpc) is 2.92. The van der Waals surface area contributed by atoms with Gasteiger partial charge in [0.15, 0.2) is 0 Å². The first-order valence-electron chi connectivity index (χ1n) is 7.93. The Morgan fingerprint density at radius 2 is 2.00 bits per heavy atom. The lowest BCUT2D eigenvalue weighted by Gasteiger charge is -2.40. The molecule has 0 fully saturated rings. The standard InChI is InChI=1S/C18H20N4O/c1-11-4-6-12(7-5-11)16-15-13(8-18(2,3)9-14(15)23)21-17-19-10-20-22(16)17/h4-8,10,15-16H,9H2,1-3H3,(H,19,20,21). The highest BCUT2D eigenvalue weighted by Crippen LogP contribution is 2.44. The second-order valence-corrected chi connectivity index (χ2v) is 7.22. The number of hydrogen-bond acceptors (Lipinski definition) is 4. The van der Waals surface area contributed by atoms with Gasteiger partial charge in [0.2, 0.25) is 5.95 Å². The Morgan fingerprint density at radius 3 is 2.74 bits per heavy atom. The number of carbonyl (C=O) groups excluding carboxylic acids is 1. The van der Waals surface area contributed by atoms with Crippen LogP contribution in [0.3, 0.4) is 0 Å². The number of fused-ring (bicyclic) bond motifs is 2. The van der Waals surface area contributed by atoms with Gasteiger partial charge in [0.05, 0.1) is 12.0 Å². The topological polar surface area (TPSA) is 59.8 Å². The van der Waals surface area contributed by atoms with E-state index in [4.69, 9.17) is 0 Å². The molecule has 118 valence electrons. The van der Waals surface area contributed by atoms with Crippen molar-refractivity contribution < 1.29 is 4.79 Å². The zero-order chi connectivity index (χ0) is 16.2. The monoisotopic (exact) mass is 308 g/mol. The Morgan fingerprint density at radius 1 is 1.26 bits per heavy atom. The van der Waals surface area contributed by atoms with Gasteiger partial charge < -0.3 is 5.32 Å². The Balaban J connectivity index is 1.89. The molecule has 0 saturated heterocycles. The molecule has 1 aliphatic carbocycles. The minimum atomic E-state index is -0.222. The van der Waals surface area contributed by atoms with Crippen LogP contribution in [0.1, 0.15) is 37.4 Å². The molecule has 2 heterocycles. The Hall–Kier alpha value is -2.43. The first kappa shape index (κ1) is 14.2. The molecule has 2 aromatic rings. The number of benzene rings is 1. The summed E-state index contributed by atoms with van der Waals surface area (Å²) in [6, 6.07) is 8.19. The molecule has 23 heavy (non-hydrogen) atoms. The highest BCUT2D eigenvalue weighted by atomic mass is 16.1. The predicted molar refractivity (Wildman–Crippen MR) is 87.9 cm³/mol. The van der Waals surface area contributed by atoms with Crippen molar-refractivity contribution in [1.82, 2.24) is 14.8 Å². The average molecular weight is 308 g/mol. The van der Waals surface area contributed by atoms with E-state index >= 15 is 0 Å². The fraction of sp³-hybridized carbons (Fsp3) is 0.389. The summed E-state index contributed by atoms with van der Waals surface area (Å²) >= 11 is 0. The van der Waals surface area contributed by atoms with E-state index in [2.05, 4.69) is 66.5 Å². The summed E-state index contributed by atoms with van der Waals surface area (Å²) < 4.78 is 1.84. The quantitative estimate of drug-likeness (QED) is 0.879. The molecule has 2 aliphatic rings. The molecule has 1 aromatic carbocycles. The molecule has 1 N–H and O–H groups in total. The number of rotatable bonds is 1. The van der Waals surface area contributed by atoms with Crippen molar-refractivity contribution >= 4 is 11.7 Å². The molecule has 0 bridgehead atoms. The van der Waals surface area contributed by atoms with Crippen molar-refractivity contribution in [2.24, 2.45) is 11.3 Å². The number of anilines is 1. The van der Waals surface area contributed by atoms with E-state index in [0.29, 0.717) is 12.4 Å². The van der Waals surface area contributed by atoms with Crippen LogP contribution in [0.25, 0.3) is 0 Å². The molecule has 5 heteroatoms. The van der Waals surface area contributed by atoms with E-state index in [0.717, 1.165) is 11.3 Å². The van der Waals surface area contributed by atoms with Crippen molar-refractivity contribution in [2.75, 3.05) is 5.32 Å². The Labute approximate surface area is 135 Å². The lowest BCUT2D eigenvalue weighted by atomic mass is 9.72. The molecule has 0 spiro atoms. The van der Waals surface area contributed by atoms with Gasteiger partial charge in [-0.2, -0.15) is 10.1 Å². The summed E-state index contributed by atoms with van der Waals surface area (Å²) in [4.78, 5) is 17.2. The van der Waals surface area contributed by atoms with Crippen LogP contribution in [0, 0.1) is 18.3 Å². The third-order valence-electron chi connectivity index (χ3n) is 4.69. The second kappa shape index (κ2) is 4.78. The molecule has 1 aliphatic heterocycles. The zero-order valence-electron chi connectivity index (χ0n) is 13.6. The van der Waals surface area contributed by atoms with Crippen LogP contribution in [0.5, 0.6) is 0 Å². The number of Topliss-reactive ketones (excluding diaryl/α,β-unsaturated/α-hetero) is 1. The summed E-state index contributed by atoms with van der Waals surface area (Å²) in [6.45, 7) is 6.25. The molecule has 4 rings (SSSR count). The van der Waals surface area contributed by atoms with Crippen molar-refractivity contribution in [3.63, 3.8) is 0 Å². The number of aromatic nitrogens is 3. The SMILES string of the molecule is Cc1ccc(C2C3C(=O)CC(C)(C)C=C3Nc3ncnn32)cc1. The summed E-state index contributed by atoms with van der Waals surface area (Å²) in [7, 11) is 0. The Kier molecular flexibility index (Phi) is 2.95. The number of nitrogens with one attached hydrogen (secondary N) is 1. The van der Waals surface area contributed by atoms with Crippen molar-refractivity contribution in [3.05, 3.63) is 53.5 Å². The first-order valence-corrected chi connectivity index (χ1v) is 7.93. The third-order valence-corrected chi connectivity index (χ3v) is 4.69. The van der Waals surface area contributed by atoms with E-state index in [1.807, 2.05) is 4.68 Å². The van der Waals surface area contributed by atoms with Gasteiger partial charge in [0, 0.05) is 12.1 Å². The number of ketones is 1. The van der Waals surface area contributed by atoms with Gasteiger partial charge in [-0.1, -0.05) is 49.8 Å². The molecule has 0 amide bonds. The minimum Gasteiger partial charge on any atom is -0.328 e. The summed E-state index contributed by atoms with van der Waals surface area (Å²) in [5.74, 6) is 0.732. The maximum absolute atomic E-state index is 12.9. The van der Waals surface area contributed by atoms with Crippen LogP contribution < -0.4 is 5.32 Å². The van der Waals surface area contributed by atoms with Crippen molar-refractivity contribution in [1.29, 1.82) is 0 Å². The smallest absolute Gasteiger partial charge is 0.226 e. The van der Waals surface area contributed by atoms with Gasteiger partial charge in [-0.3, -0.25) is 4.79 Å². The largest absolute Gasteiger partial charge is 0.328 e. The predicted octanol–water partition coefficient (Wildman–Crippen LogP) is 3.10. The van der Waals surface area contributed by atoms with Crippen LogP contribution in [0.15, 0.2) is 42.4 Å². The van der Waals surface area contributed by atoms with E-state index in [-0.39, 0.29) is 23.2 Å². The minimum absolute atomic E-state index is 0.129. The fourth-order valence-corrected chi connectivity index (χ4v) is 3.66. The van der Waals surface area contributed by atoms with Crippen molar-refractivity contribution in [2.45, 2.75) is 33.2 Å². The van der Waals surface area contributed by atoms with Gasteiger partial charge >= 0.3 is 0 Å². The highest BCUT2D eigenvalue weighted by Gasteiger charge is 2.44. The van der Waals surface area contributed by atoms with Crippen LogP contribution in [-0.4, -0.2) is 20.5 Å². The summed E-state index contributed by atoms with van der Waals surface area (Å²) in [5.41, 5.74) is 3.12. The lowest BCUT2D eigenvalue weighted by Crippen LogP contribution is -2.42. The van der Waals surface area contributed by atoms with E-state index in [1.54, 1.807) is 0 Å². The second-order valence-electron chi connectivity index (χ2n) is 7.22. The maximum atomic E-state index is 12.9. The van der Waals surface area contributed by atoms with Crippen molar-refractivity contribution in [3.8, 4) is 0 Å². The normalized spacial score (nSPS) is 25.2. The molecular weight excluding hydrogens is 288 g/mol. The molecular formula is C18H20N4O. The number of nitrogens with zero attached hydrogens (tertiary/aromatic N) is 3. The maximum Gasteiger partial charge on any atom is 0.226 e. The molecule has 0 saturated carbocycles. The van der Waals surface area contributed by atoms with Gasteiger partial charge in [0.1, 0.15) is 12.1 Å². The number of carbonyl (C=O) groups is 1. The fourth-order valence-electron chi connectivity index (χ4n) is 3.66. The molecule has 2 atom stereocenters. The molecule has 5 nitrogen and oxygen atoms in total. The lowest BCUT2D eigenvalue weighted by molar-refractivity contribution is -0.125. The molecule has 0 radical (unpaired) electrons. The third kappa shape index (κ3) is 2.27. The van der Waals surface area contributed by atoms with Crippen LogP contribution in [0.2, 0.25) is 0 Å². The van der Waals surface area contributed by atoms with E-state index in [1.165, 1.54) is 11.9 Å². The summed E-state index contributed by atoms with van der Waals surface area (Å²) in [6.07, 6.45) is 4.27. The Bertz CT molecular complexity index is 801. The number of aryl methyl sites for hydroxylation is 1. The highest BCUT2D eigenvalue weighted by molar-refractivity contribution is 5.88. The van der Waals surface area contributed by atoms with E-state index in [9.17, 15) is 4.79 Å². The zero-order valence-corrected chi connectivity index (χ0v) is 13.6. The van der Waals surface area contributed by atoms with Gasteiger partial charge in [-0.25, -0.2) is 4.68 Å². The van der Waals surface area contributed by atoms with Gasteiger partial charge in [-0.15, -0.1) is 0 Å². The number of hydrogen-bond donors (Lipinski definition) is 1. The summed E-state index contributed by atoms with van der Waals surface area (Å²) in [5, 5.41) is 7.67. The first-order chi connectivity index (χ1) is 10.9.